The van der Waals surface area contributed by atoms with E-state index in [4.69, 9.17) is 0 Å². The van der Waals surface area contributed by atoms with Crippen LogP contribution in [0.3, 0.4) is 0 Å². The first-order chi connectivity index (χ1) is 8.95. The average Bonchev–Trinajstić information content (AvgIpc) is 2.64. The van der Waals surface area contributed by atoms with Gasteiger partial charge < -0.3 is 0 Å². The molecule has 1 aromatic rings. The van der Waals surface area contributed by atoms with Crippen molar-refractivity contribution in [2.45, 2.75) is 6.42 Å². The SMILES string of the molecule is CONC(=O)c1ccc(N2C(=O)CCS2(=O)=O)cc1. The molecule has 1 N–H and O–H groups in total. The zero-order valence-corrected chi connectivity index (χ0v) is 10.9. The average molecular weight is 284 g/mol. The van der Waals surface area contributed by atoms with Gasteiger partial charge in [0.1, 0.15) is 0 Å². The third kappa shape index (κ3) is 2.59. The highest BCUT2D eigenvalue weighted by molar-refractivity contribution is 7.94. The number of benzene rings is 1. The zero-order chi connectivity index (χ0) is 14.0. The van der Waals surface area contributed by atoms with Gasteiger partial charge in [0.05, 0.1) is 18.6 Å². The van der Waals surface area contributed by atoms with E-state index >= 15 is 0 Å². The first-order valence-electron chi connectivity index (χ1n) is 5.45. The summed E-state index contributed by atoms with van der Waals surface area (Å²) in [6, 6.07) is 5.66. The van der Waals surface area contributed by atoms with Crippen LogP contribution in [0.25, 0.3) is 0 Å². The highest BCUT2D eigenvalue weighted by atomic mass is 32.2. The number of sulfonamides is 1. The van der Waals surface area contributed by atoms with Crippen molar-refractivity contribution in [1.29, 1.82) is 0 Å². The van der Waals surface area contributed by atoms with Crippen LogP contribution in [0.15, 0.2) is 24.3 Å². The minimum absolute atomic E-state index is 0.0196. The van der Waals surface area contributed by atoms with Crippen molar-refractivity contribution in [2.75, 3.05) is 17.2 Å². The minimum atomic E-state index is -3.57. The van der Waals surface area contributed by atoms with Crippen molar-refractivity contribution in [1.82, 2.24) is 5.48 Å². The molecular weight excluding hydrogens is 272 g/mol. The van der Waals surface area contributed by atoms with Gasteiger partial charge in [0.2, 0.25) is 15.9 Å². The Hall–Kier alpha value is -1.93. The molecule has 1 heterocycles. The topological polar surface area (TPSA) is 92.8 Å². The van der Waals surface area contributed by atoms with Crippen LogP contribution in [-0.2, 0) is 19.7 Å². The molecule has 0 unspecified atom stereocenters. The van der Waals surface area contributed by atoms with Crippen molar-refractivity contribution >= 4 is 27.5 Å². The molecule has 7 nitrogen and oxygen atoms in total. The van der Waals surface area contributed by atoms with Crippen molar-refractivity contribution in [3.05, 3.63) is 29.8 Å². The third-order valence-corrected chi connectivity index (χ3v) is 4.33. The number of nitrogens with one attached hydrogen (secondary N) is 1. The summed E-state index contributed by atoms with van der Waals surface area (Å²) in [5, 5.41) is 0. The molecule has 0 saturated carbocycles. The number of nitrogens with zero attached hydrogens (tertiary/aromatic N) is 1. The lowest BCUT2D eigenvalue weighted by atomic mass is 10.2. The van der Waals surface area contributed by atoms with Gasteiger partial charge in [-0.1, -0.05) is 0 Å². The first kappa shape index (κ1) is 13.5. The Morgan fingerprint density at radius 2 is 1.95 bits per heavy atom. The van der Waals surface area contributed by atoms with Crippen LogP contribution in [0.5, 0.6) is 0 Å². The van der Waals surface area contributed by atoms with Gasteiger partial charge in [0.25, 0.3) is 5.91 Å². The Balaban J connectivity index is 2.28. The van der Waals surface area contributed by atoms with E-state index < -0.39 is 21.8 Å². The molecule has 2 rings (SSSR count). The second-order valence-electron chi connectivity index (χ2n) is 3.91. The lowest BCUT2D eigenvalue weighted by Gasteiger charge is -2.15. The molecule has 102 valence electrons. The Morgan fingerprint density at radius 1 is 1.32 bits per heavy atom. The van der Waals surface area contributed by atoms with Gasteiger partial charge in [0, 0.05) is 12.0 Å². The summed E-state index contributed by atoms with van der Waals surface area (Å²) in [5.41, 5.74) is 2.67. The van der Waals surface area contributed by atoms with Crippen molar-refractivity contribution in [3.8, 4) is 0 Å². The fourth-order valence-corrected chi connectivity index (χ4v) is 3.23. The molecule has 0 atom stereocenters. The number of hydrogen-bond acceptors (Lipinski definition) is 5. The largest absolute Gasteiger partial charge is 0.277 e. The molecule has 0 bridgehead atoms. The number of rotatable bonds is 3. The van der Waals surface area contributed by atoms with E-state index in [0.29, 0.717) is 5.56 Å². The van der Waals surface area contributed by atoms with Crippen molar-refractivity contribution < 1.29 is 22.8 Å². The molecule has 1 aliphatic rings. The number of anilines is 1. The van der Waals surface area contributed by atoms with E-state index in [1.54, 1.807) is 0 Å². The van der Waals surface area contributed by atoms with Crippen molar-refractivity contribution in [3.63, 3.8) is 0 Å². The zero-order valence-electron chi connectivity index (χ0n) is 10.1. The normalized spacial score (nSPS) is 17.5. The second-order valence-corrected chi connectivity index (χ2v) is 5.84. The minimum Gasteiger partial charge on any atom is -0.277 e. The molecule has 0 radical (unpaired) electrons. The smallest absolute Gasteiger partial charge is 0.274 e. The van der Waals surface area contributed by atoms with Gasteiger partial charge in [-0.2, -0.15) is 0 Å². The number of hydrogen-bond donors (Lipinski definition) is 1. The summed E-state index contributed by atoms with van der Waals surface area (Å²) in [7, 11) is -2.27. The lowest BCUT2D eigenvalue weighted by molar-refractivity contribution is -0.116. The summed E-state index contributed by atoms with van der Waals surface area (Å²) in [6.07, 6.45) is -0.0196. The number of hydroxylamine groups is 1. The van der Waals surface area contributed by atoms with E-state index in [0.717, 1.165) is 4.31 Å². The van der Waals surface area contributed by atoms with E-state index in [2.05, 4.69) is 10.3 Å². The molecule has 1 aromatic carbocycles. The first-order valence-corrected chi connectivity index (χ1v) is 7.06. The summed E-state index contributed by atoms with van der Waals surface area (Å²) >= 11 is 0. The molecule has 0 aliphatic carbocycles. The van der Waals surface area contributed by atoms with Crippen LogP contribution in [0.2, 0.25) is 0 Å². The highest BCUT2D eigenvalue weighted by Gasteiger charge is 2.36. The predicted octanol–water partition coefficient (Wildman–Crippen LogP) is 0.0443. The maximum absolute atomic E-state index is 11.7. The molecule has 2 amide bonds. The van der Waals surface area contributed by atoms with Crippen LogP contribution in [-0.4, -0.2) is 33.1 Å². The predicted molar refractivity (Wildman–Crippen MR) is 66.8 cm³/mol. The molecular formula is C11H12N2O5S. The van der Waals surface area contributed by atoms with E-state index in [-0.39, 0.29) is 17.9 Å². The lowest BCUT2D eigenvalue weighted by Crippen LogP contribution is -2.29. The Labute approximate surface area is 110 Å². The van der Waals surface area contributed by atoms with Crippen LogP contribution in [0, 0.1) is 0 Å². The summed E-state index contributed by atoms with van der Waals surface area (Å²) < 4.78 is 24.2. The van der Waals surface area contributed by atoms with Crippen LogP contribution in [0.4, 0.5) is 5.69 Å². The van der Waals surface area contributed by atoms with Crippen molar-refractivity contribution in [2.24, 2.45) is 0 Å². The Morgan fingerprint density at radius 3 is 2.42 bits per heavy atom. The van der Waals surface area contributed by atoms with E-state index in [1.807, 2.05) is 0 Å². The maximum atomic E-state index is 11.7. The molecule has 1 aliphatic heterocycles. The fraction of sp³-hybridized carbons (Fsp3) is 0.273. The molecule has 1 saturated heterocycles. The molecule has 8 heteroatoms. The maximum Gasteiger partial charge on any atom is 0.274 e. The Bertz CT molecular complexity index is 608. The van der Waals surface area contributed by atoms with Gasteiger partial charge >= 0.3 is 0 Å². The third-order valence-electron chi connectivity index (χ3n) is 2.64. The molecule has 0 aromatic heterocycles. The number of carbonyl (C=O) groups is 2. The van der Waals surface area contributed by atoms with Crippen LogP contribution < -0.4 is 9.79 Å². The number of carbonyl (C=O) groups excluding carboxylic acids is 2. The number of amides is 2. The summed E-state index contributed by atoms with van der Waals surface area (Å²) in [4.78, 5) is 27.5. The quantitative estimate of drug-likeness (QED) is 0.791. The van der Waals surface area contributed by atoms with Gasteiger partial charge in [-0.05, 0) is 24.3 Å². The van der Waals surface area contributed by atoms with Gasteiger partial charge in [-0.3, -0.25) is 14.4 Å². The van der Waals surface area contributed by atoms with Gasteiger partial charge in [-0.25, -0.2) is 18.2 Å². The molecule has 0 spiro atoms. The van der Waals surface area contributed by atoms with E-state index in [9.17, 15) is 18.0 Å². The van der Waals surface area contributed by atoms with Crippen LogP contribution in [0.1, 0.15) is 16.8 Å². The second kappa shape index (κ2) is 4.98. The standard InChI is InChI=1S/C11H12N2O5S/c1-18-12-11(15)8-2-4-9(5-3-8)13-10(14)6-7-19(13,16)17/h2-5H,6-7H2,1H3,(H,12,15). The Kier molecular flexibility index (Phi) is 3.54. The fourth-order valence-electron chi connectivity index (χ4n) is 1.77. The highest BCUT2D eigenvalue weighted by Crippen LogP contribution is 2.25. The monoisotopic (exact) mass is 284 g/mol. The molecule has 1 fully saturated rings. The van der Waals surface area contributed by atoms with E-state index in [1.165, 1.54) is 31.4 Å². The van der Waals surface area contributed by atoms with Gasteiger partial charge in [0.15, 0.2) is 0 Å². The summed E-state index contributed by atoms with van der Waals surface area (Å²) in [5.74, 6) is -1.10. The van der Waals surface area contributed by atoms with Crippen LogP contribution >= 0.6 is 0 Å². The van der Waals surface area contributed by atoms with Gasteiger partial charge in [-0.15, -0.1) is 0 Å². The summed E-state index contributed by atoms with van der Waals surface area (Å²) in [6.45, 7) is 0. The molecule has 19 heavy (non-hydrogen) atoms.